The van der Waals surface area contributed by atoms with Crippen LogP contribution in [0.15, 0.2) is 33.8 Å². The number of carbonyl (C=O) groups is 3. The maximum atomic E-state index is 12.5. The molecule has 0 aliphatic carbocycles. The zero-order valence-electron chi connectivity index (χ0n) is 14.2. The van der Waals surface area contributed by atoms with Crippen LogP contribution < -0.4 is 11.1 Å². The Morgan fingerprint density at radius 2 is 2.36 bits per heavy atom. The summed E-state index contributed by atoms with van der Waals surface area (Å²) in [6, 6.07) is -2.38. The molecule has 0 aromatic carbocycles. The van der Waals surface area contributed by atoms with Crippen molar-refractivity contribution in [2.24, 2.45) is 5.18 Å². The molecule has 0 spiro atoms. The number of hydrogen-bond donors (Lipinski definition) is 3. The molecule has 4 N–H and O–H groups in total. The standard InChI is InChI=1S/C15H15N5O5S3/c1-2-3-26-7-5-27-13-9(12(22)20(13)10(7)14(23)24)18-11(21)8(19-25)6-4-28-15(16)17-6/h2,4,8-9,13H,1,3,5H2,(H2,16,17)(H,18,21)(H,23,24)/t8?,9-,13+/m1/s1. The average Bonchev–Trinajstić information content (AvgIpc) is 3.09. The molecule has 1 aromatic rings. The minimum Gasteiger partial charge on any atom is -0.477 e. The van der Waals surface area contributed by atoms with Gasteiger partial charge in [0.05, 0.1) is 5.69 Å². The number of amides is 2. The lowest BCUT2D eigenvalue weighted by Gasteiger charge is -2.49. The Bertz CT molecular complexity index is 885. The second-order valence-corrected chi connectivity index (χ2v) is 8.80. The summed E-state index contributed by atoms with van der Waals surface area (Å²) >= 11 is 3.70. The number of aromatic nitrogens is 1. The van der Waals surface area contributed by atoms with Gasteiger partial charge in [-0.2, -0.15) is 0 Å². The fraction of sp³-hybridized carbons (Fsp3) is 0.333. The second-order valence-electron chi connectivity index (χ2n) is 5.69. The number of nitrogens with zero attached hydrogens (tertiary/aromatic N) is 3. The summed E-state index contributed by atoms with van der Waals surface area (Å²) in [5.41, 5.74) is 5.53. The lowest BCUT2D eigenvalue weighted by molar-refractivity contribution is -0.150. The SMILES string of the molecule is C=CCSC1=C(C(=O)O)N2C(=O)[C@@H](NC(=O)C(N=O)c3csc(N)n3)[C@@H]2SC1. The number of thioether (sulfide) groups is 2. The van der Waals surface area contributed by atoms with E-state index in [2.05, 4.69) is 22.1 Å². The van der Waals surface area contributed by atoms with Crippen molar-refractivity contribution in [3.8, 4) is 0 Å². The Morgan fingerprint density at radius 1 is 1.61 bits per heavy atom. The number of β-lactam (4-membered cyclic amide) rings is 1. The van der Waals surface area contributed by atoms with E-state index in [0.29, 0.717) is 16.4 Å². The van der Waals surface area contributed by atoms with Crippen LogP contribution in [0.4, 0.5) is 5.13 Å². The number of rotatable bonds is 8. The number of hydrogen-bond acceptors (Lipinski definition) is 10. The third-order valence-corrected chi connectivity index (χ3v) is 7.23. The van der Waals surface area contributed by atoms with Gasteiger partial charge in [0.1, 0.15) is 17.1 Å². The van der Waals surface area contributed by atoms with Crippen molar-refractivity contribution in [2.45, 2.75) is 17.5 Å². The van der Waals surface area contributed by atoms with Gasteiger partial charge in [-0.05, 0) is 5.18 Å². The van der Waals surface area contributed by atoms with E-state index in [1.165, 1.54) is 28.9 Å². The normalized spacial score (nSPS) is 22.1. The monoisotopic (exact) mass is 441 g/mol. The molecule has 2 aliphatic rings. The molecule has 0 saturated carbocycles. The molecule has 3 heterocycles. The highest BCUT2D eigenvalue weighted by Crippen LogP contribution is 2.43. The van der Waals surface area contributed by atoms with Gasteiger partial charge in [-0.1, -0.05) is 6.08 Å². The first kappa shape index (κ1) is 20.4. The first-order valence-corrected chi connectivity index (χ1v) is 10.8. The smallest absolute Gasteiger partial charge is 0.353 e. The summed E-state index contributed by atoms with van der Waals surface area (Å²) in [6.07, 6.45) is 1.65. The van der Waals surface area contributed by atoms with Crippen LogP contribution in [-0.2, 0) is 14.4 Å². The number of aliphatic carboxylic acids is 1. The molecule has 28 heavy (non-hydrogen) atoms. The zero-order valence-corrected chi connectivity index (χ0v) is 16.7. The van der Waals surface area contributed by atoms with Crippen molar-refractivity contribution in [3.63, 3.8) is 0 Å². The van der Waals surface area contributed by atoms with E-state index in [1.54, 1.807) is 6.08 Å². The molecular weight excluding hydrogens is 426 g/mol. The number of fused-ring (bicyclic) bond motifs is 1. The lowest BCUT2D eigenvalue weighted by atomic mass is 10.0. The van der Waals surface area contributed by atoms with Gasteiger partial charge in [0.15, 0.2) is 5.13 Å². The summed E-state index contributed by atoms with van der Waals surface area (Å²) in [5, 5.41) is 15.9. The topological polar surface area (TPSA) is 155 Å². The molecule has 1 saturated heterocycles. The maximum absolute atomic E-state index is 12.5. The van der Waals surface area contributed by atoms with Crippen LogP contribution >= 0.6 is 34.9 Å². The Kier molecular flexibility index (Phi) is 6.05. The summed E-state index contributed by atoms with van der Waals surface area (Å²) in [5.74, 6) is -1.64. The highest BCUT2D eigenvalue weighted by molar-refractivity contribution is 8.06. The Hall–Kier alpha value is -2.38. The predicted molar refractivity (Wildman–Crippen MR) is 107 cm³/mol. The number of nitrogens with one attached hydrogen (secondary N) is 1. The number of carboxylic acid groups (broad SMARTS) is 1. The number of thiazole rings is 1. The third kappa shape index (κ3) is 3.64. The van der Waals surface area contributed by atoms with Crippen molar-refractivity contribution >= 4 is 57.8 Å². The van der Waals surface area contributed by atoms with Crippen LogP contribution in [0.1, 0.15) is 11.7 Å². The van der Waals surface area contributed by atoms with Gasteiger partial charge >= 0.3 is 5.97 Å². The van der Waals surface area contributed by atoms with E-state index < -0.39 is 35.2 Å². The van der Waals surface area contributed by atoms with Crippen molar-refractivity contribution in [1.29, 1.82) is 0 Å². The molecule has 10 nitrogen and oxygen atoms in total. The van der Waals surface area contributed by atoms with Crippen LogP contribution in [0.3, 0.4) is 0 Å². The number of anilines is 1. The van der Waals surface area contributed by atoms with Crippen molar-refractivity contribution in [3.05, 3.63) is 39.2 Å². The molecule has 148 valence electrons. The molecule has 3 rings (SSSR count). The number of carboxylic acids is 1. The van der Waals surface area contributed by atoms with Crippen LogP contribution in [0.25, 0.3) is 0 Å². The minimum absolute atomic E-state index is 0.0802. The van der Waals surface area contributed by atoms with Gasteiger partial charge in [-0.3, -0.25) is 14.5 Å². The van der Waals surface area contributed by atoms with E-state index in [4.69, 9.17) is 5.73 Å². The van der Waals surface area contributed by atoms with Crippen molar-refractivity contribution < 1.29 is 19.5 Å². The summed E-state index contributed by atoms with van der Waals surface area (Å²) < 4.78 is 0. The number of carbonyl (C=O) groups excluding carboxylic acids is 2. The molecule has 2 aliphatic heterocycles. The first-order valence-electron chi connectivity index (χ1n) is 7.87. The van der Waals surface area contributed by atoms with E-state index >= 15 is 0 Å². The van der Waals surface area contributed by atoms with Crippen LogP contribution in [0.5, 0.6) is 0 Å². The van der Waals surface area contributed by atoms with Crippen LogP contribution in [0.2, 0.25) is 0 Å². The van der Waals surface area contributed by atoms with E-state index in [9.17, 15) is 24.4 Å². The highest BCUT2D eigenvalue weighted by atomic mass is 32.2. The van der Waals surface area contributed by atoms with Crippen LogP contribution in [-0.4, -0.2) is 55.7 Å². The van der Waals surface area contributed by atoms with Gasteiger partial charge in [0.2, 0.25) is 6.04 Å². The van der Waals surface area contributed by atoms with Crippen LogP contribution in [0, 0.1) is 4.91 Å². The van der Waals surface area contributed by atoms with Gasteiger partial charge in [0.25, 0.3) is 11.8 Å². The highest BCUT2D eigenvalue weighted by Gasteiger charge is 2.54. The maximum Gasteiger partial charge on any atom is 0.353 e. The number of nitrogen functional groups attached to an aromatic ring is 1. The molecule has 1 aromatic heterocycles. The lowest BCUT2D eigenvalue weighted by Crippen LogP contribution is -2.70. The quantitative estimate of drug-likeness (QED) is 0.306. The summed E-state index contributed by atoms with van der Waals surface area (Å²) in [4.78, 5) is 53.4. The molecule has 0 radical (unpaired) electrons. The average molecular weight is 442 g/mol. The fourth-order valence-corrected chi connectivity index (χ4v) is 5.71. The largest absolute Gasteiger partial charge is 0.477 e. The zero-order chi connectivity index (χ0) is 20.4. The van der Waals surface area contributed by atoms with Gasteiger partial charge < -0.3 is 16.2 Å². The van der Waals surface area contributed by atoms with Crippen molar-refractivity contribution in [1.82, 2.24) is 15.2 Å². The Balaban J connectivity index is 1.75. The number of nitroso groups, excluding NO2 is 1. The van der Waals surface area contributed by atoms with E-state index in [-0.39, 0.29) is 16.5 Å². The Morgan fingerprint density at radius 3 is 2.93 bits per heavy atom. The number of nitrogens with two attached hydrogens (primary N) is 1. The summed E-state index contributed by atoms with van der Waals surface area (Å²) in [6.45, 7) is 3.60. The molecule has 1 unspecified atom stereocenters. The van der Waals surface area contributed by atoms with Gasteiger partial charge in [-0.25, -0.2) is 9.78 Å². The molecule has 0 bridgehead atoms. The molecule has 13 heteroatoms. The fourth-order valence-electron chi connectivity index (χ4n) is 2.76. The third-order valence-electron chi connectivity index (χ3n) is 3.98. The summed E-state index contributed by atoms with van der Waals surface area (Å²) in [7, 11) is 0. The Labute approximate surface area is 171 Å². The van der Waals surface area contributed by atoms with Gasteiger partial charge in [0, 0.05) is 21.8 Å². The predicted octanol–water partition coefficient (Wildman–Crippen LogP) is 1.15. The molecular formula is C15H15N5O5S3. The minimum atomic E-state index is -1.43. The van der Waals surface area contributed by atoms with E-state index in [0.717, 1.165) is 16.2 Å². The molecule has 2 amide bonds. The van der Waals surface area contributed by atoms with E-state index in [1.807, 2.05) is 0 Å². The second kappa shape index (κ2) is 8.32. The van der Waals surface area contributed by atoms with Gasteiger partial charge in [-0.15, -0.1) is 46.3 Å². The molecule has 3 atom stereocenters. The van der Waals surface area contributed by atoms with Crippen molar-refractivity contribution in [2.75, 3.05) is 17.2 Å². The first-order chi connectivity index (χ1) is 13.4. The molecule has 1 fully saturated rings.